The van der Waals surface area contributed by atoms with E-state index in [0.29, 0.717) is 12.0 Å². The van der Waals surface area contributed by atoms with Crippen LogP contribution in [0.3, 0.4) is 0 Å². The van der Waals surface area contributed by atoms with E-state index in [1.807, 2.05) is 0 Å². The Labute approximate surface area is 70.5 Å². The molecule has 0 saturated heterocycles. The van der Waals surface area contributed by atoms with Crippen molar-refractivity contribution in [1.82, 2.24) is 0 Å². The topological polar surface area (TPSA) is 0 Å². The van der Waals surface area contributed by atoms with E-state index in [1.165, 1.54) is 12.1 Å². The van der Waals surface area contributed by atoms with Gasteiger partial charge < -0.3 is 0 Å². The van der Waals surface area contributed by atoms with Crippen molar-refractivity contribution in [2.24, 2.45) is 0 Å². The number of aryl methyl sites for hydroxylation is 1. The zero-order valence-corrected chi connectivity index (χ0v) is 6.69. The van der Waals surface area contributed by atoms with Crippen molar-refractivity contribution in [2.75, 3.05) is 0 Å². The van der Waals surface area contributed by atoms with Crippen molar-refractivity contribution in [3.63, 3.8) is 0 Å². The molecular formula is C10H10F2. The first kappa shape index (κ1) is 8.91. The second-order valence-corrected chi connectivity index (χ2v) is 2.61. The van der Waals surface area contributed by atoms with Gasteiger partial charge in [-0.2, -0.15) is 0 Å². The molecule has 0 spiro atoms. The molecule has 0 radical (unpaired) electrons. The summed E-state index contributed by atoms with van der Waals surface area (Å²) in [6.45, 7) is 3.53. The highest BCUT2D eigenvalue weighted by atomic mass is 19.1. The Balaban J connectivity index is 2.78. The molecule has 0 aliphatic heterocycles. The second kappa shape index (κ2) is 4.00. The van der Waals surface area contributed by atoms with Crippen LogP contribution in [0.5, 0.6) is 0 Å². The van der Waals surface area contributed by atoms with Crippen LogP contribution in [0.4, 0.5) is 8.78 Å². The van der Waals surface area contributed by atoms with Gasteiger partial charge >= 0.3 is 0 Å². The first-order valence-electron chi connectivity index (χ1n) is 3.78. The highest BCUT2D eigenvalue weighted by Gasteiger charge is 1.98. The van der Waals surface area contributed by atoms with Gasteiger partial charge in [-0.25, -0.2) is 8.78 Å². The molecule has 12 heavy (non-hydrogen) atoms. The number of benzene rings is 1. The van der Waals surface area contributed by atoms with Crippen molar-refractivity contribution >= 4 is 0 Å². The quantitative estimate of drug-likeness (QED) is 0.608. The molecule has 0 amide bonds. The van der Waals surface area contributed by atoms with Crippen LogP contribution in [0.25, 0.3) is 0 Å². The van der Waals surface area contributed by atoms with Gasteiger partial charge in [-0.1, -0.05) is 6.08 Å². The summed E-state index contributed by atoms with van der Waals surface area (Å²) in [5, 5.41) is 0. The normalized spacial score (nSPS) is 9.83. The van der Waals surface area contributed by atoms with Crippen LogP contribution in [0.15, 0.2) is 30.9 Å². The zero-order valence-electron chi connectivity index (χ0n) is 6.69. The predicted molar refractivity (Wildman–Crippen MR) is 44.9 cm³/mol. The molecule has 0 fully saturated rings. The van der Waals surface area contributed by atoms with E-state index in [1.54, 1.807) is 6.08 Å². The molecule has 1 rings (SSSR count). The van der Waals surface area contributed by atoms with E-state index < -0.39 is 11.6 Å². The number of rotatable bonds is 3. The number of hydrogen-bond donors (Lipinski definition) is 0. The minimum absolute atomic E-state index is 0.519. The maximum absolute atomic E-state index is 12.6. The van der Waals surface area contributed by atoms with Gasteiger partial charge in [-0.05, 0) is 30.5 Å². The Morgan fingerprint density at radius 3 is 2.25 bits per heavy atom. The average Bonchev–Trinajstić information content (AvgIpc) is 1.99. The van der Waals surface area contributed by atoms with Crippen LogP contribution in [0, 0.1) is 11.6 Å². The average molecular weight is 168 g/mol. The van der Waals surface area contributed by atoms with Crippen LogP contribution in [0.2, 0.25) is 0 Å². The molecule has 0 bridgehead atoms. The van der Waals surface area contributed by atoms with Crippen LogP contribution in [0.1, 0.15) is 12.0 Å². The van der Waals surface area contributed by atoms with Gasteiger partial charge in [0.1, 0.15) is 11.6 Å². The van der Waals surface area contributed by atoms with Crippen molar-refractivity contribution in [3.8, 4) is 0 Å². The summed E-state index contributed by atoms with van der Waals surface area (Å²) in [4.78, 5) is 0. The molecule has 0 N–H and O–H groups in total. The van der Waals surface area contributed by atoms with Gasteiger partial charge in [-0.3, -0.25) is 0 Å². The Morgan fingerprint density at radius 2 is 1.75 bits per heavy atom. The molecule has 0 nitrogen and oxygen atoms in total. The molecular weight excluding hydrogens is 158 g/mol. The fraction of sp³-hybridized carbons (Fsp3) is 0.200. The van der Waals surface area contributed by atoms with E-state index in [4.69, 9.17) is 0 Å². The third kappa shape index (κ3) is 2.46. The summed E-state index contributed by atoms with van der Waals surface area (Å²) in [5.41, 5.74) is 0.674. The van der Waals surface area contributed by atoms with E-state index in [-0.39, 0.29) is 0 Å². The monoisotopic (exact) mass is 168 g/mol. The Hall–Kier alpha value is -1.18. The lowest BCUT2D eigenvalue weighted by Gasteiger charge is -1.98. The molecule has 0 aliphatic rings. The fourth-order valence-corrected chi connectivity index (χ4v) is 1.02. The van der Waals surface area contributed by atoms with Gasteiger partial charge in [0.15, 0.2) is 0 Å². The summed E-state index contributed by atoms with van der Waals surface area (Å²) in [7, 11) is 0. The Kier molecular flexibility index (Phi) is 2.97. The summed E-state index contributed by atoms with van der Waals surface area (Å²) in [5.74, 6) is -1.04. The maximum Gasteiger partial charge on any atom is 0.126 e. The van der Waals surface area contributed by atoms with Crippen LogP contribution < -0.4 is 0 Å². The highest BCUT2D eigenvalue weighted by molar-refractivity contribution is 5.18. The van der Waals surface area contributed by atoms with E-state index >= 15 is 0 Å². The molecule has 1 aromatic carbocycles. The summed E-state index contributed by atoms with van der Waals surface area (Å²) >= 11 is 0. The van der Waals surface area contributed by atoms with Crippen molar-refractivity contribution in [3.05, 3.63) is 48.1 Å². The number of allylic oxidation sites excluding steroid dienone is 1. The summed E-state index contributed by atoms with van der Waals surface area (Å²) < 4.78 is 25.2. The SMILES string of the molecule is C=CCCc1cc(F)cc(F)c1. The molecule has 0 unspecified atom stereocenters. The molecule has 0 saturated carbocycles. The second-order valence-electron chi connectivity index (χ2n) is 2.61. The lowest BCUT2D eigenvalue weighted by Crippen LogP contribution is -1.87. The predicted octanol–water partition coefficient (Wildman–Crippen LogP) is 3.08. The van der Waals surface area contributed by atoms with Gasteiger partial charge in [0.25, 0.3) is 0 Å². The number of halogens is 2. The lowest BCUT2D eigenvalue weighted by molar-refractivity contribution is 0.579. The van der Waals surface area contributed by atoms with Crippen molar-refractivity contribution in [1.29, 1.82) is 0 Å². The largest absolute Gasteiger partial charge is 0.207 e. The Morgan fingerprint density at radius 1 is 1.17 bits per heavy atom. The first-order chi connectivity index (χ1) is 5.72. The van der Waals surface area contributed by atoms with Gasteiger partial charge in [0.2, 0.25) is 0 Å². The Bertz CT molecular complexity index is 259. The zero-order chi connectivity index (χ0) is 8.97. The smallest absolute Gasteiger partial charge is 0.126 e. The molecule has 2 heteroatoms. The molecule has 0 aliphatic carbocycles. The van der Waals surface area contributed by atoms with E-state index in [9.17, 15) is 8.78 Å². The van der Waals surface area contributed by atoms with Crippen molar-refractivity contribution < 1.29 is 8.78 Å². The number of hydrogen-bond acceptors (Lipinski definition) is 0. The molecule has 0 heterocycles. The maximum atomic E-state index is 12.6. The van der Waals surface area contributed by atoms with Crippen LogP contribution >= 0.6 is 0 Å². The molecule has 0 aromatic heterocycles. The lowest BCUT2D eigenvalue weighted by atomic mass is 10.1. The third-order valence-corrected chi connectivity index (χ3v) is 1.56. The first-order valence-corrected chi connectivity index (χ1v) is 3.78. The van der Waals surface area contributed by atoms with E-state index in [2.05, 4.69) is 6.58 Å². The molecule has 1 aromatic rings. The van der Waals surface area contributed by atoms with E-state index in [0.717, 1.165) is 12.5 Å². The fourth-order valence-electron chi connectivity index (χ4n) is 1.02. The van der Waals surface area contributed by atoms with Gasteiger partial charge in [0, 0.05) is 6.07 Å². The highest BCUT2D eigenvalue weighted by Crippen LogP contribution is 2.09. The summed E-state index contributed by atoms with van der Waals surface area (Å²) in [6, 6.07) is 3.55. The third-order valence-electron chi connectivity index (χ3n) is 1.56. The molecule has 64 valence electrons. The van der Waals surface area contributed by atoms with Crippen LogP contribution in [-0.2, 0) is 6.42 Å². The van der Waals surface area contributed by atoms with Gasteiger partial charge in [0.05, 0.1) is 0 Å². The summed E-state index contributed by atoms with van der Waals surface area (Å²) in [6.07, 6.45) is 3.10. The van der Waals surface area contributed by atoms with Crippen LogP contribution in [-0.4, -0.2) is 0 Å². The minimum Gasteiger partial charge on any atom is -0.207 e. The standard InChI is InChI=1S/C10H10F2/c1-2-3-4-8-5-9(11)7-10(12)6-8/h2,5-7H,1,3-4H2. The minimum atomic E-state index is -0.519. The molecule has 0 atom stereocenters. The van der Waals surface area contributed by atoms with Crippen molar-refractivity contribution in [2.45, 2.75) is 12.8 Å². The van der Waals surface area contributed by atoms with Gasteiger partial charge in [-0.15, -0.1) is 6.58 Å².